The third kappa shape index (κ3) is 2.36. The standard InChI is InChI=1S/C14H13BrN4S/c1-7-5-9(15)6-8(2)11(7)17-12-10-3-4-20-13(10)19-14(16)18-12/h3-6H,1-2H3,(H3,16,17,18,19). The van der Waals surface area contributed by atoms with Gasteiger partial charge >= 0.3 is 0 Å². The molecule has 0 unspecified atom stereocenters. The lowest BCUT2D eigenvalue weighted by Crippen LogP contribution is -2.02. The normalized spacial score (nSPS) is 10.9. The fraction of sp³-hybridized carbons (Fsp3) is 0.143. The summed E-state index contributed by atoms with van der Waals surface area (Å²) in [6, 6.07) is 6.15. The summed E-state index contributed by atoms with van der Waals surface area (Å²) in [5, 5.41) is 6.38. The van der Waals surface area contributed by atoms with E-state index in [0.29, 0.717) is 0 Å². The number of nitrogens with zero attached hydrogens (tertiary/aromatic N) is 2. The van der Waals surface area contributed by atoms with Crippen LogP contribution in [-0.2, 0) is 0 Å². The molecule has 0 bridgehead atoms. The van der Waals surface area contributed by atoms with Gasteiger partial charge in [-0.15, -0.1) is 11.3 Å². The van der Waals surface area contributed by atoms with Gasteiger partial charge in [0.25, 0.3) is 0 Å². The molecule has 3 aromatic rings. The molecule has 0 radical (unpaired) electrons. The molecule has 1 aromatic carbocycles. The van der Waals surface area contributed by atoms with Crippen molar-refractivity contribution in [3.63, 3.8) is 0 Å². The number of fused-ring (bicyclic) bond motifs is 1. The zero-order valence-corrected chi connectivity index (χ0v) is 13.5. The Bertz CT molecular complexity index is 774. The number of nitrogens with two attached hydrogens (primary N) is 1. The summed E-state index contributed by atoms with van der Waals surface area (Å²) < 4.78 is 1.07. The van der Waals surface area contributed by atoms with E-state index >= 15 is 0 Å². The van der Waals surface area contributed by atoms with Gasteiger partial charge in [0.05, 0.1) is 5.39 Å². The maximum absolute atomic E-state index is 5.77. The number of hydrogen-bond donors (Lipinski definition) is 2. The number of halogens is 1. The molecule has 0 aliphatic heterocycles. The maximum Gasteiger partial charge on any atom is 0.223 e. The van der Waals surface area contributed by atoms with Crippen molar-refractivity contribution in [1.29, 1.82) is 0 Å². The van der Waals surface area contributed by atoms with E-state index in [1.54, 1.807) is 11.3 Å². The third-order valence-corrected chi connectivity index (χ3v) is 4.35. The largest absolute Gasteiger partial charge is 0.368 e. The summed E-state index contributed by atoms with van der Waals surface area (Å²) in [7, 11) is 0. The molecule has 0 saturated carbocycles. The predicted molar refractivity (Wildman–Crippen MR) is 88.7 cm³/mol. The Hall–Kier alpha value is -1.66. The van der Waals surface area contributed by atoms with Crippen LogP contribution >= 0.6 is 27.3 Å². The van der Waals surface area contributed by atoms with Crippen LogP contribution in [0.25, 0.3) is 10.2 Å². The lowest BCUT2D eigenvalue weighted by atomic mass is 10.1. The van der Waals surface area contributed by atoms with E-state index in [1.807, 2.05) is 11.4 Å². The van der Waals surface area contributed by atoms with E-state index in [1.165, 1.54) is 0 Å². The summed E-state index contributed by atoms with van der Waals surface area (Å²) in [5.74, 6) is 1.04. The molecule has 3 N–H and O–H groups in total. The minimum absolute atomic E-state index is 0.287. The summed E-state index contributed by atoms with van der Waals surface area (Å²) >= 11 is 5.06. The van der Waals surface area contributed by atoms with Gasteiger partial charge in [0.2, 0.25) is 5.95 Å². The minimum Gasteiger partial charge on any atom is -0.368 e. The Morgan fingerprint density at radius 1 is 1.20 bits per heavy atom. The van der Waals surface area contributed by atoms with Crippen molar-refractivity contribution < 1.29 is 0 Å². The van der Waals surface area contributed by atoms with Gasteiger partial charge in [0, 0.05) is 10.2 Å². The lowest BCUT2D eigenvalue weighted by Gasteiger charge is -2.13. The van der Waals surface area contributed by atoms with Crippen molar-refractivity contribution in [2.75, 3.05) is 11.1 Å². The van der Waals surface area contributed by atoms with Crippen molar-refractivity contribution in [2.24, 2.45) is 0 Å². The third-order valence-electron chi connectivity index (χ3n) is 3.08. The molecule has 0 spiro atoms. The van der Waals surface area contributed by atoms with Gasteiger partial charge in [0.1, 0.15) is 10.6 Å². The molecule has 0 saturated heterocycles. The van der Waals surface area contributed by atoms with E-state index < -0.39 is 0 Å². The molecule has 0 aliphatic rings. The molecule has 6 heteroatoms. The van der Waals surface area contributed by atoms with E-state index in [2.05, 4.69) is 57.2 Å². The molecule has 20 heavy (non-hydrogen) atoms. The Morgan fingerprint density at radius 2 is 1.90 bits per heavy atom. The van der Waals surface area contributed by atoms with Crippen LogP contribution in [0, 0.1) is 13.8 Å². The molecule has 0 fully saturated rings. The Balaban J connectivity index is 2.12. The highest BCUT2D eigenvalue weighted by atomic mass is 79.9. The van der Waals surface area contributed by atoms with Gasteiger partial charge < -0.3 is 11.1 Å². The second-order valence-electron chi connectivity index (χ2n) is 4.61. The van der Waals surface area contributed by atoms with Crippen molar-refractivity contribution in [3.8, 4) is 0 Å². The van der Waals surface area contributed by atoms with Crippen molar-refractivity contribution >= 4 is 54.9 Å². The first-order chi connectivity index (χ1) is 9.54. The van der Waals surface area contributed by atoms with Crippen LogP contribution in [0.3, 0.4) is 0 Å². The van der Waals surface area contributed by atoms with E-state index in [4.69, 9.17) is 5.73 Å². The quantitative estimate of drug-likeness (QED) is 0.720. The molecule has 4 nitrogen and oxygen atoms in total. The summed E-state index contributed by atoms with van der Waals surface area (Å²) in [4.78, 5) is 9.45. The molecule has 3 rings (SSSR count). The fourth-order valence-electron chi connectivity index (χ4n) is 2.19. The van der Waals surface area contributed by atoms with Crippen LogP contribution in [0.2, 0.25) is 0 Å². The molecule has 0 atom stereocenters. The van der Waals surface area contributed by atoms with Gasteiger partial charge in [-0.25, -0.2) is 4.98 Å². The molecular formula is C14H13BrN4S. The summed E-state index contributed by atoms with van der Waals surface area (Å²) in [6.45, 7) is 4.13. The highest BCUT2D eigenvalue weighted by molar-refractivity contribution is 9.10. The molecular weight excluding hydrogens is 336 g/mol. The number of benzene rings is 1. The number of thiophene rings is 1. The van der Waals surface area contributed by atoms with Gasteiger partial charge in [-0.3, -0.25) is 0 Å². The maximum atomic E-state index is 5.77. The minimum atomic E-state index is 0.287. The SMILES string of the molecule is Cc1cc(Br)cc(C)c1Nc1nc(N)nc2sccc12. The number of rotatable bonds is 2. The summed E-state index contributed by atoms with van der Waals surface area (Å²) in [5.41, 5.74) is 9.13. The fourth-order valence-corrected chi connectivity index (χ4v) is 3.65. The van der Waals surface area contributed by atoms with Crippen LogP contribution in [-0.4, -0.2) is 9.97 Å². The van der Waals surface area contributed by atoms with Crippen LogP contribution in [0.5, 0.6) is 0 Å². The van der Waals surface area contributed by atoms with Gasteiger partial charge in [0.15, 0.2) is 0 Å². The zero-order chi connectivity index (χ0) is 14.3. The van der Waals surface area contributed by atoms with Crippen LogP contribution in [0.1, 0.15) is 11.1 Å². The molecule has 2 aromatic heterocycles. The Kier molecular flexibility index (Phi) is 3.35. The first-order valence-electron chi connectivity index (χ1n) is 6.09. The highest BCUT2D eigenvalue weighted by Crippen LogP contribution is 2.32. The van der Waals surface area contributed by atoms with E-state index in [9.17, 15) is 0 Å². The van der Waals surface area contributed by atoms with Crippen molar-refractivity contribution in [1.82, 2.24) is 9.97 Å². The van der Waals surface area contributed by atoms with Gasteiger partial charge in [-0.05, 0) is 48.6 Å². The number of hydrogen-bond acceptors (Lipinski definition) is 5. The second kappa shape index (κ2) is 5.03. The van der Waals surface area contributed by atoms with Gasteiger partial charge in [-0.2, -0.15) is 4.98 Å². The second-order valence-corrected chi connectivity index (χ2v) is 6.42. The van der Waals surface area contributed by atoms with E-state index in [-0.39, 0.29) is 5.95 Å². The predicted octanol–water partition coefficient (Wildman–Crippen LogP) is 4.40. The number of nitrogens with one attached hydrogen (secondary N) is 1. The van der Waals surface area contributed by atoms with Crippen LogP contribution in [0.15, 0.2) is 28.1 Å². The Labute approximate surface area is 129 Å². The molecule has 2 heterocycles. The van der Waals surface area contributed by atoms with E-state index in [0.717, 1.165) is 37.3 Å². The molecule has 102 valence electrons. The zero-order valence-electron chi connectivity index (χ0n) is 11.1. The monoisotopic (exact) mass is 348 g/mol. The smallest absolute Gasteiger partial charge is 0.223 e. The summed E-state index contributed by atoms with van der Waals surface area (Å²) in [6.07, 6.45) is 0. The van der Waals surface area contributed by atoms with Crippen molar-refractivity contribution in [2.45, 2.75) is 13.8 Å². The van der Waals surface area contributed by atoms with Crippen molar-refractivity contribution in [3.05, 3.63) is 39.2 Å². The average molecular weight is 349 g/mol. The van der Waals surface area contributed by atoms with Crippen LogP contribution in [0.4, 0.5) is 17.5 Å². The number of nitrogen functional groups attached to an aromatic ring is 1. The number of aromatic nitrogens is 2. The average Bonchev–Trinajstić information content (AvgIpc) is 2.81. The van der Waals surface area contributed by atoms with Crippen LogP contribution < -0.4 is 11.1 Å². The van der Waals surface area contributed by atoms with Gasteiger partial charge in [-0.1, -0.05) is 15.9 Å². The number of aryl methyl sites for hydroxylation is 2. The Morgan fingerprint density at radius 3 is 2.60 bits per heavy atom. The number of anilines is 3. The molecule has 0 amide bonds. The first-order valence-corrected chi connectivity index (χ1v) is 7.76. The molecule has 0 aliphatic carbocycles. The topological polar surface area (TPSA) is 63.8 Å². The lowest BCUT2D eigenvalue weighted by molar-refractivity contribution is 1.23. The first kappa shape index (κ1) is 13.3. The highest BCUT2D eigenvalue weighted by Gasteiger charge is 2.10.